The largest absolute Gasteiger partial charge is 0.451 e. The van der Waals surface area contributed by atoms with Gasteiger partial charge in [-0.25, -0.2) is 0 Å². The molecule has 0 radical (unpaired) electrons. The first-order valence-corrected chi connectivity index (χ1v) is 6.23. The number of carbonyl (C=O) groups excluding carboxylic acids is 2. The summed E-state index contributed by atoms with van der Waals surface area (Å²) in [5, 5.41) is 21.0. The Hall–Kier alpha value is -0.715. The second kappa shape index (κ2) is 10.2. The van der Waals surface area contributed by atoms with Crippen molar-refractivity contribution in [3.8, 4) is 0 Å². The SMILES string of the molecule is CN(C)C[C@@H]1C[C@@H](CCCB(O)O)CN1.O=C=O. The maximum Gasteiger partial charge on any atom is 0.451 e. The minimum absolute atomic E-state index is 0.250. The molecule has 1 fully saturated rings. The first-order valence-electron chi connectivity index (χ1n) is 6.23. The van der Waals surface area contributed by atoms with Crippen molar-refractivity contribution in [2.45, 2.75) is 31.6 Å². The highest BCUT2D eigenvalue weighted by Gasteiger charge is 2.24. The fourth-order valence-electron chi connectivity index (χ4n) is 2.29. The summed E-state index contributed by atoms with van der Waals surface area (Å²) in [6.07, 6.45) is 4.00. The molecule has 18 heavy (non-hydrogen) atoms. The lowest BCUT2D eigenvalue weighted by Crippen LogP contribution is -2.33. The highest BCUT2D eigenvalue weighted by atomic mass is 16.4. The van der Waals surface area contributed by atoms with Gasteiger partial charge in [0.2, 0.25) is 0 Å². The zero-order valence-corrected chi connectivity index (χ0v) is 11.1. The van der Waals surface area contributed by atoms with E-state index >= 15 is 0 Å². The van der Waals surface area contributed by atoms with Crippen molar-refractivity contribution in [2.75, 3.05) is 27.2 Å². The van der Waals surface area contributed by atoms with E-state index in [9.17, 15) is 0 Å². The lowest BCUT2D eigenvalue weighted by molar-refractivity contribution is -0.191. The van der Waals surface area contributed by atoms with Gasteiger partial charge in [-0.2, -0.15) is 9.59 Å². The van der Waals surface area contributed by atoms with Crippen LogP contribution >= 0.6 is 0 Å². The Balaban J connectivity index is 0.000000873. The fourth-order valence-corrected chi connectivity index (χ4v) is 2.29. The molecule has 1 aliphatic rings. The molecule has 0 unspecified atom stereocenters. The predicted molar refractivity (Wildman–Crippen MR) is 67.7 cm³/mol. The minimum Gasteiger partial charge on any atom is -0.427 e. The van der Waals surface area contributed by atoms with Crippen molar-refractivity contribution in [3.05, 3.63) is 0 Å². The summed E-state index contributed by atoms with van der Waals surface area (Å²) in [5.41, 5.74) is 0. The lowest BCUT2D eigenvalue weighted by atomic mass is 9.82. The molecule has 0 bridgehead atoms. The number of likely N-dealkylation sites (N-methyl/N-ethyl adjacent to an activating group) is 1. The molecule has 1 saturated heterocycles. The molecule has 1 rings (SSSR count). The molecule has 0 spiro atoms. The normalized spacial score (nSPS) is 22.3. The van der Waals surface area contributed by atoms with E-state index in [1.165, 1.54) is 6.42 Å². The topological polar surface area (TPSA) is 89.9 Å². The predicted octanol–water partition coefficient (Wildman–Crippen LogP) is -0.804. The van der Waals surface area contributed by atoms with Gasteiger partial charge in [0, 0.05) is 12.6 Å². The van der Waals surface area contributed by atoms with Gasteiger partial charge in [-0.05, 0) is 45.7 Å². The summed E-state index contributed by atoms with van der Waals surface area (Å²) in [5.74, 6) is 0.716. The van der Waals surface area contributed by atoms with Crippen LogP contribution in [0.1, 0.15) is 19.3 Å². The van der Waals surface area contributed by atoms with Gasteiger partial charge in [0.15, 0.2) is 0 Å². The van der Waals surface area contributed by atoms with Crippen molar-refractivity contribution < 1.29 is 19.6 Å². The average Bonchev–Trinajstić information content (AvgIpc) is 2.65. The van der Waals surface area contributed by atoms with Gasteiger partial charge in [-0.1, -0.05) is 6.42 Å². The van der Waals surface area contributed by atoms with E-state index in [0.29, 0.717) is 18.3 Å². The van der Waals surface area contributed by atoms with E-state index in [2.05, 4.69) is 24.3 Å². The Morgan fingerprint density at radius 2 is 2.00 bits per heavy atom. The van der Waals surface area contributed by atoms with Crippen LogP contribution in [0.25, 0.3) is 0 Å². The van der Waals surface area contributed by atoms with Crippen LogP contribution < -0.4 is 5.32 Å². The summed E-state index contributed by atoms with van der Waals surface area (Å²) in [7, 11) is 3.06. The number of hydrogen-bond donors (Lipinski definition) is 3. The molecule has 0 aliphatic carbocycles. The number of nitrogens with one attached hydrogen (secondary N) is 1. The number of hydrogen-bond acceptors (Lipinski definition) is 6. The van der Waals surface area contributed by atoms with E-state index in [1.54, 1.807) is 0 Å². The second-order valence-electron chi connectivity index (χ2n) is 4.96. The maximum absolute atomic E-state index is 8.73. The zero-order valence-electron chi connectivity index (χ0n) is 11.1. The summed E-state index contributed by atoms with van der Waals surface area (Å²) >= 11 is 0. The third-order valence-corrected chi connectivity index (χ3v) is 2.97. The molecule has 104 valence electrons. The van der Waals surface area contributed by atoms with E-state index in [0.717, 1.165) is 25.9 Å². The van der Waals surface area contributed by atoms with Crippen molar-refractivity contribution in [3.63, 3.8) is 0 Å². The summed E-state index contributed by atoms with van der Waals surface area (Å²) in [6, 6.07) is 0.615. The molecule has 0 aromatic carbocycles. The quantitative estimate of drug-likeness (QED) is 0.540. The van der Waals surface area contributed by atoms with E-state index in [-0.39, 0.29) is 6.15 Å². The number of rotatable bonds is 6. The van der Waals surface area contributed by atoms with Crippen LogP contribution in [0.3, 0.4) is 0 Å². The van der Waals surface area contributed by atoms with Crippen LogP contribution in [-0.2, 0) is 9.59 Å². The standard InChI is InChI=1S/C10H23BN2O2.CO2/c1-13(2)8-10-6-9(7-12-10)4-3-5-11(14)15;2-1-3/h9-10,12,14-15H,3-8H2,1-2H3;/t9-,10+;/m1./s1. The van der Waals surface area contributed by atoms with Gasteiger partial charge in [0.25, 0.3) is 0 Å². The molecular weight excluding hydrogens is 235 g/mol. The van der Waals surface area contributed by atoms with Gasteiger partial charge < -0.3 is 20.3 Å². The van der Waals surface area contributed by atoms with Crippen molar-refractivity contribution in [2.24, 2.45) is 5.92 Å². The zero-order chi connectivity index (χ0) is 14.0. The maximum atomic E-state index is 8.73. The highest BCUT2D eigenvalue weighted by Crippen LogP contribution is 2.20. The van der Waals surface area contributed by atoms with Gasteiger partial charge in [-0.3, -0.25) is 0 Å². The Kier molecular flexibility index (Phi) is 9.82. The average molecular weight is 258 g/mol. The van der Waals surface area contributed by atoms with Gasteiger partial charge in [0.1, 0.15) is 0 Å². The molecule has 1 aliphatic heterocycles. The molecular formula is C11H23BN2O4. The summed E-state index contributed by atoms with van der Waals surface area (Å²) in [4.78, 5) is 18.5. The van der Waals surface area contributed by atoms with Crippen molar-refractivity contribution >= 4 is 13.3 Å². The van der Waals surface area contributed by atoms with Crippen LogP contribution in [0.15, 0.2) is 0 Å². The Morgan fingerprint density at radius 1 is 1.39 bits per heavy atom. The van der Waals surface area contributed by atoms with Gasteiger partial charge >= 0.3 is 13.3 Å². The highest BCUT2D eigenvalue weighted by molar-refractivity contribution is 6.40. The van der Waals surface area contributed by atoms with Gasteiger partial charge in [0.05, 0.1) is 0 Å². The first-order chi connectivity index (χ1) is 8.49. The van der Waals surface area contributed by atoms with E-state index in [1.807, 2.05) is 0 Å². The number of nitrogens with zero attached hydrogens (tertiary/aromatic N) is 1. The molecule has 6 nitrogen and oxygen atoms in total. The van der Waals surface area contributed by atoms with E-state index < -0.39 is 7.12 Å². The molecule has 7 heteroatoms. The lowest BCUT2D eigenvalue weighted by Gasteiger charge is -2.16. The first kappa shape index (κ1) is 17.3. The van der Waals surface area contributed by atoms with Crippen LogP contribution in [0.4, 0.5) is 0 Å². The third-order valence-electron chi connectivity index (χ3n) is 2.97. The van der Waals surface area contributed by atoms with Crippen LogP contribution in [0.5, 0.6) is 0 Å². The summed E-state index contributed by atoms with van der Waals surface area (Å²) in [6.45, 7) is 2.18. The van der Waals surface area contributed by atoms with Gasteiger partial charge in [-0.15, -0.1) is 0 Å². The van der Waals surface area contributed by atoms with Crippen molar-refractivity contribution in [1.29, 1.82) is 0 Å². The molecule has 0 aromatic rings. The van der Waals surface area contributed by atoms with Crippen LogP contribution in [-0.4, -0.2) is 61.4 Å². The monoisotopic (exact) mass is 258 g/mol. The molecule has 0 amide bonds. The molecule has 3 N–H and O–H groups in total. The Labute approximate surface area is 109 Å². The van der Waals surface area contributed by atoms with Crippen LogP contribution in [0.2, 0.25) is 6.32 Å². The van der Waals surface area contributed by atoms with Crippen molar-refractivity contribution in [1.82, 2.24) is 10.2 Å². The molecule has 0 saturated carbocycles. The third kappa shape index (κ3) is 9.33. The molecule has 1 heterocycles. The molecule has 0 aromatic heterocycles. The second-order valence-corrected chi connectivity index (χ2v) is 4.96. The fraction of sp³-hybridized carbons (Fsp3) is 0.909. The smallest absolute Gasteiger partial charge is 0.427 e. The Bertz CT molecular complexity index is 245. The van der Waals surface area contributed by atoms with Crippen LogP contribution in [0, 0.1) is 5.92 Å². The molecule has 2 atom stereocenters. The Morgan fingerprint density at radius 3 is 2.50 bits per heavy atom. The van der Waals surface area contributed by atoms with E-state index in [4.69, 9.17) is 19.6 Å². The minimum atomic E-state index is -1.13. The summed E-state index contributed by atoms with van der Waals surface area (Å²) < 4.78 is 0.